The van der Waals surface area contributed by atoms with Crippen molar-refractivity contribution in [3.8, 4) is 11.5 Å². The molecule has 2 rings (SSSR count). The molecule has 0 bridgehead atoms. The van der Waals surface area contributed by atoms with E-state index in [4.69, 9.17) is 26.4 Å². The summed E-state index contributed by atoms with van der Waals surface area (Å²) in [5.41, 5.74) is -3.39. The zero-order valence-corrected chi connectivity index (χ0v) is 16.2. The number of halogens is 3. The van der Waals surface area contributed by atoms with Gasteiger partial charge >= 0.3 is 12.1 Å². The number of aliphatic hydroxyl groups is 1. The highest BCUT2D eigenvalue weighted by Gasteiger charge is 2.66. The lowest BCUT2D eigenvalue weighted by Gasteiger charge is -2.45. The Morgan fingerprint density at radius 1 is 1.29 bits per heavy atom. The lowest BCUT2D eigenvalue weighted by Crippen LogP contribution is -2.73. The molecule has 3 atom stereocenters. The predicted octanol–water partition coefficient (Wildman–Crippen LogP) is 2.04. The first-order valence-electron chi connectivity index (χ1n) is 8.44. The van der Waals surface area contributed by atoms with Gasteiger partial charge in [0, 0.05) is 0 Å². The Morgan fingerprint density at radius 3 is 2.50 bits per heavy atom. The van der Waals surface area contributed by atoms with Crippen LogP contribution in [0.3, 0.4) is 0 Å². The SMILES string of the molecule is CCOC(=O)[C@H]1[C@H](c2ccc(OCC)c(OC)c2)NC(=S)N[C@@]1(O)C(F)(F)F. The minimum atomic E-state index is -5.20. The van der Waals surface area contributed by atoms with Crippen molar-refractivity contribution in [2.75, 3.05) is 20.3 Å². The van der Waals surface area contributed by atoms with Crippen LogP contribution < -0.4 is 20.1 Å². The van der Waals surface area contributed by atoms with E-state index in [2.05, 4.69) is 5.32 Å². The molecule has 0 aromatic heterocycles. The Hall–Kier alpha value is -2.27. The van der Waals surface area contributed by atoms with Crippen molar-refractivity contribution in [3.63, 3.8) is 0 Å². The maximum atomic E-state index is 13.7. The van der Waals surface area contributed by atoms with E-state index in [1.54, 1.807) is 12.2 Å². The van der Waals surface area contributed by atoms with Gasteiger partial charge in [0.15, 0.2) is 16.6 Å². The Kier molecular flexibility index (Phi) is 6.60. The van der Waals surface area contributed by atoms with Crippen LogP contribution in [0.1, 0.15) is 25.5 Å². The number of benzene rings is 1. The number of hydrogen-bond donors (Lipinski definition) is 3. The molecule has 0 spiro atoms. The van der Waals surface area contributed by atoms with E-state index in [1.807, 2.05) is 0 Å². The second-order valence-corrected chi connectivity index (χ2v) is 6.32. The summed E-state index contributed by atoms with van der Waals surface area (Å²) in [5, 5.41) is 14.3. The molecule has 11 heteroatoms. The fraction of sp³-hybridized carbons (Fsp3) is 0.529. The second-order valence-electron chi connectivity index (χ2n) is 5.91. The molecule has 0 aliphatic carbocycles. The molecular formula is C17H21F3N2O5S. The van der Waals surface area contributed by atoms with E-state index in [-0.39, 0.29) is 17.9 Å². The van der Waals surface area contributed by atoms with Crippen molar-refractivity contribution >= 4 is 23.3 Å². The summed E-state index contributed by atoms with van der Waals surface area (Å²) in [6, 6.07) is 3.05. The summed E-state index contributed by atoms with van der Waals surface area (Å²) in [6.07, 6.45) is -5.20. The summed E-state index contributed by atoms with van der Waals surface area (Å²) in [4.78, 5) is 12.4. The predicted molar refractivity (Wildman–Crippen MR) is 96.9 cm³/mol. The van der Waals surface area contributed by atoms with E-state index in [0.717, 1.165) is 0 Å². The molecule has 3 N–H and O–H groups in total. The lowest BCUT2D eigenvalue weighted by molar-refractivity contribution is -0.292. The number of nitrogens with one attached hydrogen (secondary N) is 2. The molecule has 0 amide bonds. The van der Waals surface area contributed by atoms with Gasteiger partial charge in [-0.05, 0) is 43.8 Å². The molecule has 1 heterocycles. The van der Waals surface area contributed by atoms with Gasteiger partial charge in [0.05, 0.1) is 26.4 Å². The van der Waals surface area contributed by atoms with Crippen molar-refractivity contribution in [3.05, 3.63) is 23.8 Å². The van der Waals surface area contributed by atoms with Crippen LogP contribution in [-0.4, -0.2) is 48.4 Å². The van der Waals surface area contributed by atoms with Crippen molar-refractivity contribution in [2.45, 2.75) is 31.8 Å². The monoisotopic (exact) mass is 422 g/mol. The summed E-state index contributed by atoms with van der Waals surface area (Å²) in [6.45, 7) is 3.41. The summed E-state index contributed by atoms with van der Waals surface area (Å²) in [5.74, 6) is -2.67. The van der Waals surface area contributed by atoms with Gasteiger partial charge in [-0.2, -0.15) is 13.2 Å². The molecule has 0 radical (unpaired) electrons. The van der Waals surface area contributed by atoms with E-state index < -0.39 is 34.9 Å². The highest BCUT2D eigenvalue weighted by atomic mass is 32.1. The molecule has 1 fully saturated rings. The summed E-state index contributed by atoms with van der Waals surface area (Å²) < 4.78 is 56.5. The van der Waals surface area contributed by atoms with Crippen molar-refractivity contribution < 1.29 is 37.3 Å². The fourth-order valence-corrected chi connectivity index (χ4v) is 3.25. The van der Waals surface area contributed by atoms with Crippen molar-refractivity contribution in [1.29, 1.82) is 0 Å². The minimum Gasteiger partial charge on any atom is -0.493 e. The van der Waals surface area contributed by atoms with Crippen LogP contribution in [0.4, 0.5) is 13.2 Å². The van der Waals surface area contributed by atoms with E-state index in [9.17, 15) is 23.1 Å². The van der Waals surface area contributed by atoms with Gasteiger partial charge in [-0.25, -0.2) is 0 Å². The maximum Gasteiger partial charge on any atom is 0.437 e. The Balaban J connectivity index is 2.58. The van der Waals surface area contributed by atoms with E-state index in [0.29, 0.717) is 12.4 Å². The van der Waals surface area contributed by atoms with Gasteiger partial charge in [-0.3, -0.25) is 4.79 Å². The van der Waals surface area contributed by atoms with Crippen molar-refractivity contribution in [1.82, 2.24) is 10.6 Å². The molecule has 28 heavy (non-hydrogen) atoms. The standard InChI is InChI=1S/C17H21F3N2O5S/c1-4-26-10-7-6-9(8-11(10)25-3)13-12(14(23)27-5-2)16(24,17(18,19)20)22-15(28)21-13/h6-8,12-13,24H,4-5H2,1-3H3,(H2,21,22,28)/t12-,13+,16+/m1/s1. The molecule has 1 saturated heterocycles. The van der Waals surface area contributed by atoms with Gasteiger partial charge in [0.25, 0.3) is 5.72 Å². The molecule has 7 nitrogen and oxygen atoms in total. The number of thiocarbonyl (C=S) groups is 1. The van der Waals surface area contributed by atoms with Crippen LogP contribution >= 0.6 is 12.2 Å². The third-order valence-corrected chi connectivity index (χ3v) is 4.41. The lowest BCUT2D eigenvalue weighted by atomic mass is 9.82. The average molecular weight is 422 g/mol. The van der Waals surface area contributed by atoms with E-state index >= 15 is 0 Å². The third-order valence-electron chi connectivity index (χ3n) is 4.19. The van der Waals surface area contributed by atoms with Crippen LogP contribution in [-0.2, 0) is 9.53 Å². The maximum absolute atomic E-state index is 13.7. The first kappa shape index (κ1) is 22.0. The Morgan fingerprint density at radius 2 is 1.96 bits per heavy atom. The Labute approximate surface area is 165 Å². The molecular weight excluding hydrogens is 401 g/mol. The zero-order chi connectivity index (χ0) is 21.1. The Bertz CT molecular complexity index is 746. The second kappa shape index (κ2) is 8.39. The van der Waals surface area contributed by atoms with E-state index in [1.165, 1.54) is 32.2 Å². The normalized spacial score (nSPS) is 24.8. The van der Waals surface area contributed by atoms with Gasteiger partial charge in [-0.1, -0.05) is 6.07 Å². The zero-order valence-electron chi connectivity index (χ0n) is 15.4. The highest BCUT2D eigenvalue weighted by molar-refractivity contribution is 7.80. The first-order chi connectivity index (χ1) is 13.1. The number of ether oxygens (including phenoxy) is 3. The van der Waals surface area contributed by atoms with Crippen LogP contribution in [0.25, 0.3) is 0 Å². The number of methoxy groups -OCH3 is 1. The topological polar surface area (TPSA) is 89.1 Å². The number of carbonyl (C=O) groups excluding carboxylic acids is 1. The quantitative estimate of drug-likeness (QED) is 0.474. The first-order valence-corrected chi connectivity index (χ1v) is 8.85. The molecule has 0 saturated carbocycles. The summed E-state index contributed by atoms with van der Waals surface area (Å²) >= 11 is 4.84. The van der Waals surface area contributed by atoms with Crippen LogP contribution in [0.5, 0.6) is 11.5 Å². The number of rotatable bonds is 6. The smallest absolute Gasteiger partial charge is 0.437 e. The molecule has 1 aromatic carbocycles. The molecule has 1 aliphatic rings. The van der Waals surface area contributed by atoms with Crippen LogP contribution in [0, 0.1) is 5.92 Å². The minimum absolute atomic E-state index is 0.160. The molecule has 156 valence electrons. The largest absolute Gasteiger partial charge is 0.493 e. The highest BCUT2D eigenvalue weighted by Crippen LogP contribution is 2.44. The van der Waals surface area contributed by atoms with Crippen molar-refractivity contribution in [2.24, 2.45) is 5.92 Å². The van der Waals surface area contributed by atoms with Gasteiger partial charge in [-0.15, -0.1) is 0 Å². The van der Waals surface area contributed by atoms with Gasteiger partial charge in [0.2, 0.25) is 0 Å². The third kappa shape index (κ3) is 4.09. The van der Waals surface area contributed by atoms with Crippen LogP contribution in [0.2, 0.25) is 0 Å². The molecule has 1 aromatic rings. The number of carbonyl (C=O) groups is 1. The molecule has 1 aliphatic heterocycles. The fourth-order valence-electron chi connectivity index (χ4n) is 2.97. The summed E-state index contributed by atoms with van der Waals surface area (Å²) in [7, 11) is 1.37. The average Bonchev–Trinajstić information content (AvgIpc) is 2.60. The van der Waals surface area contributed by atoms with Gasteiger partial charge in [0.1, 0.15) is 5.92 Å². The number of esters is 1. The van der Waals surface area contributed by atoms with Gasteiger partial charge < -0.3 is 30.0 Å². The molecule has 0 unspecified atom stereocenters. The number of hydrogen-bond acceptors (Lipinski definition) is 6. The van der Waals surface area contributed by atoms with Crippen LogP contribution in [0.15, 0.2) is 18.2 Å². The number of alkyl halides is 3.